The first-order chi connectivity index (χ1) is 7.72. The molecule has 0 spiro atoms. The number of likely N-dealkylation sites (tertiary alicyclic amines) is 1. The molecule has 0 radical (unpaired) electrons. The van der Waals surface area contributed by atoms with Crippen LogP contribution in [-0.4, -0.2) is 30.4 Å². The van der Waals surface area contributed by atoms with Crippen molar-refractivity contribution in [2.24, 2.45) is 0 Å². The average molecular weight is 303 g/mol. The molecular formula is C11H15BrN2OS. The number of likely N-dealkylation sites (N-methyl/N-ethyl adjacent to an activating group) is 1. The molecule has 88 valence electrons. The molecule has 0 saturated carbocycles. The third kappa shape index (κ3) is 2.47. The predicted octanol–water partition coefficient (Wildman–Crippen LogP) is 2.22. The number of thiophene rings is 1. The Balaban J connectivity index is 2.04. The molecule has 1 unspecified atom stereocenters. The van der Waals surface area contributed by atoms with Gasteiger partial charge in [0.15, 0.2) is 0 Å². The highest BCUT2D eigenvalue weighted by Gasteiger charge is 2.30. The quantitative estimate of drug-likeness (QED) is 0.928. The number of rotatable bonds is 3. The summed E-state index contributed by atoms with van der Waals surface area (Å²) in [7, 11) is 1.71. The molecule has 1 aromatic rings. The van der Waals surface area contributed by atoms with Gasteiger partial charge in [-0.1, -0.05) is 0 Å². The molecule has 0 aliphatic carbocycles. The molecule has 5 heteroatoms. The van der Waals surface area contributed by atoms with Crippen LogP contribution in [0.15, 0.2) is 15.9 Å². The number of nitrogens with one attached hydrogen (secondary N) is 1. The molecule has 2 rings (SSSR count). The van der Waals surface area contributed by atoms with E-state index in [9.17, 15) is 4.79 Å². The van der Waals surface area contributed by atoms with Gasteiger partial charge >= 0.3 is 0 Å². The fourth-order valence-electron chi connectivity index (χ4n) is 2.10. The standard InChI is InChI=1S/C11H15BrN2OS/c1-13-11(15)9-3-2-5-14(9)7-10-8(12)4-6-16-10/h4,6,9H,2-3,5,7H2,1H3,(H,13,15). The minimum Gasteiger partial charge on any atom is -0.358 e. The van der Waals surface area contributed by atoms with E-state index in [-0.39, 0.29) is 11.9 Å². The van der Waals surface area contributed by atoms with Crippen LogP contribution in [0.2, 0.25) is 0 Å². The summed E-state index contributed by atoms with van der Waals surface area (Å²) in [6, 6.07) is 2.12. The topological polar surface area (TPSA) is 32.3 Å². The molecular weight excluding hydrogens is 288 g/mol. The Morgan fingerprint density at radius 2 is 2.56 bits per heavy atom. The molecule has 3 nitrogen and oxygen atoms in total. The van der Waals surface area contributed by atoms with Crippen molar-refractivity contribution in [2.75, 3.05) is 13.6 Å². The van der Waals surface area contributed by atoms with Crippen molar-refractivity contribution in [3.05, 3.63) is 20.8 Å². The first kappa shape index (κ1) is 12.1. The van der Waals surface area contributed by atoms with Gasteiger partial charge in [-0.15, -0.1) is 11.3 Å². The van der Waals surface area contributed by atoms with Gasteiger partial charge in [0.2, 0.25) is 5.91 Å². The SMILES string of the molecule is CNC(=O)C1CCCN1Cc1sccc1Br. The largest absolute Gasteiger partial charge is 0.358 e. The van der Waals surface area contributed by atoms with E-state index in [1.807, 2.05) is 0 Å². The molecule has 16 heavy (non-hydrogen) atoms. The maximum absolute atomic E-state index is 11.7. The Morgan fingerprint density at radius 3 is 3.19 bits per heavy atom. The fourth-order valence-corrected chi connectivity index (χ4v) is 3.60. The summed E-state index contributed by atoms with van der Waals surface area (Å²) in [4.78, 5) is 15.2. The van der Waals surface area contributed by atoms with Gasteiger partial charge in [0.05, 0.1) is 6.04 Å². The number of hydrogen-bond acceptors (Lipinski definition) is 3. The van der Waals surface area contributed by atoms with E-state index in [4.69, 9.17) is 0 Å². The zero-order valence-corrected chi connectivity index (χ0v) is 11.6. The fraction of sp³-hybridized carbons (Fsp3) is 0.545. The van der Waals surface area contributed by atoms with Gasteiger partial charge in [-0.05, 0) is 46.8 Å². The highest BCUT2D eigenvalue weighted by molar-refractivity contribution is 9.10. The van der Waals surface area contributed by atoms with E-state index in [2.05, 4.69) is 37.6 Å². The van der Waals surface area contributed by atoms with E-state index < -0.39 is 0 Å². The molecule has 1 aliphatic rings. The minimum atomic E-state index is 0.0546. The second kappa shape index (κ2) is 5.29. The zero-order chi connectivity index (χ0) is 11.5. The summed E-state index contributed by atoms with van der Waals surface area (Å²) >= 11 is 5.27. The van der Waals surface area contributed by atoms with E-state index >= 15 is 0 Å². The molecule has 0 bridgehead atoms. The van der Waals surface area contributed by atoms with Gasteiger partial charge in [0.25, 0.3) is 0 Å². The molecule has 2 heterocycles. The van der Waals surface area contributed by atoms with Crippen LogP contribution in [0.4, 0.5) is 0 Å². The van der Waals surface area contributed by atoms with Gasteiger partial charge < -0.3 is 5.32 Å². The van der Waals surface area contributed by atoms with Crippen molar-refractivity contribution < 1.29 is 4.79 Å². The van der Waals surface area contributed by atoms with E-state index in [0.29, 0.717) is 0 Å². The van der Waals surface area contributed by atoms with E-state index in [1.165, 1.54) is 4.88 Å². The third-order valence-electron chi connectivity index (χ3n) is 2.95. The molecule has 0 aromatic carbocycles. The Hall–Kier alpha value is -0.390. The lowest BCUT2D eigenvalue weighted by Gasteiger charge is -2.22. The van der Waals surface area contributed by atoms with Crippen LogP contribution < -0.4 is 5.32 Å². The predicted molar refractivity (Wildman–Crippen MR) is 69.5 cm³/mol. The second-order valence-corrected chi connectivity index (χ2v) is 5.79. The van der Waals surface area contributed by atoms with Crippen LogP contribution in [0.25, 0.3) is 0 Å². The van der Waals surface area contributed by atoms with Crippen molar-refractivity contribution in [2.45, 2.75) is 25.4 Å². The number of nitrogens with zero attached hydrogens (tertiary/aromatic N) is 1. The van der Waals surface area contributed by atoms with Crippen LogP contribution in [0, 0.1) is 0 Å². The average Bonchev–Trinajstić information content (AvgIpc) is 2.88. The lowest BCUT2D eigenvalue weighted by Crippen LogP contribution is -2.41. The summed E-state index contributed by atoms with van der Waals surface area (Å²) in [5.41, 5.74) is 0. The summed E-state index contributed by atoms with van der Waals surface area (Å²) in [6.07, 6.45) is 2.09. The molecule has 1 saturated heterocycles. The van der Waals surface area contributed by atoms with Crippen molar-refractivity contribution in [1.82, 2.24) is 10.2 Å². The smallest absolute Gasteiger partial charge is 0.237 e. The van der Waals surface area contributed by atoms with Crippen molar-refractivity contribution in [1.29, 1.82) is 0 Å². The van der Waals surface area contributed by atoms with Crippen molar-refractivity contribution in [3.63, 3.8) is 0 Å². The molecule has 1 aromatic heterocycles. The van der Waals surface area contributed by atoms with Crippen LogP contribution in [0.1, 0.15) is 17.7 Å². The number of amides is 1. The number of halogens is 1. The van der Waals surface area contributed by atoms with E-state index in [1.54, 1.807) is 18.4 Å². The van der Waals surface area contributed by atoms with Gasteiger partial charge in [0, 0.05) is 22.9 Å². The van der Waals surface area contributed by atoms with Crippen molar-refractivity contribution >= 4 is 33.2 Å². The highest BCUT2D eigenvalue weighted by atomic mass is 79.9. The number of carbonyl (C=O) groups excluding carboxylic acids is 1. The summed E-state index contributed by atoms with van der Waals surface area (Å²) < 4.78 is 1.15. The van der Waals surface area contributed by atoms with Crippen LogP contribution in [-0.2, 0) is 11.3 Å². The molecule has 1 fully saturated rings. The van der Waals surface area contributed by atoms with Crippen LogP contribution in [0.5, 0.6) is 0 Å². The van der Waals surface area contributed by atoms with Gasteiger partial charge in [-0.3, -0.25) is 9.69 Å². The third-order valence-corrected chi connectivity index (χ3v) is 4.86. The molecule has 1 aliphatic heterocycles. The monoisotopic (exact) mass is 302 g/mol. The van der Waals surface area contributed by atoms with E-state index in [0.717, 1.165) is 30.4 Å². The van der Waals surface area contributed by atoms with Gasteiger partial charge in [0.1, 0.15) is 0 Å². The van der Waals surface area contributed by atoms with Crippen molar-refractivity contribution in [3.8, 4) is 0 Å². The van der Waals surface area contributed by atoms with Crippen LogP contribution >= 0.6 is 27.3 Å². The normalized spacial score (nSPS) is 21.2. The summed E-state index contributed by atoms with van der Waals surface area (Å²) in [5.74, 6) is 0.144. The number of carbonyl (C=O) groups is 1. The Bertz CT molecular complexity index is 380. The Kier molecular flexibility index (Phi) is 4.00. The highest BCUT2D eigenvalue weighted by Crippen LogP contribution is 2.27. The van der Waals surface area contributed by atoms with Crippen LogP contribution in [0.3, 0.4) is 0 Å². The molecule has 1 N–H and O–H groups in total. The first-order valence-corrected chi connectivity index (χ1v) is 7.07. The van der Waals surface area contributed by atoms with Gasteiger partial charge in [-0.25, -0.2) is 0 Å². The molecule has 1 amide bonds. The lowest BCUT2D eigenvalue weighted by atomic mass is 10.2. The Morgan fingerprint density at radius 1 is 1.75 bits per heavy atom. The molecule has 1 atom stereocenters. The summed E-state index contributed by atoms with van der Waals surface area (Å²) in [6.45, 7) is 1.89. The Labute approximate surface area is 108 Å². The lowest BCUT2D eigenvalue weighted by molar-refractivity contribution is -0.125. The number of hydrogen-bond donors (Lipinski definition) is 1. The maximum Gasteiger partial charge on any atom is 0.237 e. The minimum absolute atomic E-state index is 0.0546. The summed E-state index contributed by atoms with van der Waals surface area (Å²) in [5, 5.41) is 4.82. The second-order valence-electron chi connectivity index (χ2n) is 3.93. The first-order valence-electron chi connectivity index (χ1n) is 5.40. The van der Waals surface area contributed by atoms with Gasteiger partial charge in [-0.2, -0.15) is 0 Å². The zero-order valence-electron chi connectivity index (χ0n) is 9.20. The maximum atomic E-state index is 11.7.